The Hall–Kier alpha value is -1.37. The maximum absolute atomic E-state index is 10.0. The van der Waals surface area contributed by atoms with Gasteiger partial charge >= 0.3 is 122 Å². The van der Waals surface area contributed by atoms with E-state index in [-0.39, 0.29) is 6.04 Å². The molecule has 0 unspecified atom stereocenters. The predicted octanol–water partition coefficient (Wildman–Crippen LogP) is -1.45. The molecule has 1 saturated heterocycles. The van der Waals surface area contributed by atoms with E-state index in [9.17, 15) is 15.3 Å². The molecule has 2 rings (SSSR count). The maximum atomic E-state index is 10.0. The first-order chi connectivity index (χ1) is 10.1. The first-order valence-corrected chi connectivity index (χ1v) is 6.50. The van der Waals surface area contributed by atoms with Gasteiger partial charge in [0, 0.05) is 0 Å². The Labute approximate surface area is 123 Å². The van der Waals surface area contributed by atoms with Crippen molar-refractivity contribution in [1.29, 1.82) is 0 Å². The van der Waals surface area contributed by atoms with Crippen LogP contribution in [0.1, 0.15) is 5.56 Å². The van der Waals surface area contributed by atoms with E-state index in [0.717, 1.165) is 0 Å². The van der Waals surface area contributed by atoms with E-state index in [0.29, 0.717) is 5.56 Å². The molecule has 0 radical (unpaired) electrons. The summed E-state index contributed by atoms with van der Waals surface area (Å²) in [5, 5.41) is 41.5. The van der Waals surface area contributed by atoms with Crippen molar-refractivity contribution < 1.29 is 25.2 Å². The minimum absolute atomic E-state index is 0.247. The Kier molecular flexibility index (Phi) is 5.39. The number of nitrogens with one attached hydrogen (secondary N) is 1. The molecule has 1 heterocycles. The fraction of sp³-hybridized carbons (Fsp3) is 0.400. The van der Waals surface area contributed by atoms with Gasteiger partial charge in [0.15, 0.2) is 0 Å². The summed E-state index contributed by atoms with van der Waals surface area (Å²) in [6, 6.07) is 8.03. The van der Waals surface area contributed by atoms with Crippen molar-refractivity contribution >= 4 is 0 Å². The number of hydrogen-bond acceptors (Lipinski definition) is 6. The number of rotatable bonds is 4. The number of hydrogen-bond donors (Lipinski definition) is 5. The third kappa shape index (κ3) is 3.45. The number of benzene rings is 1. The summed E-state index contributed by atoms with van der Waals surface area (Å²) in [6.07, 6.45) is 2.11. The quantitative estimate of drug-likeness (QED) is 0.343. The Morgan fingerprint density at radius 2 is 1.86 bits per heavy atom. The zero-order valence-corrected chi connectivity index (χ0v) is 11.2. The van der Waals surface area contributed by atoms with Crippen LogP contribution in [0, 0.1) is 18.4 Å². The summed E-state index contributed by atoms with van der Waals surface area (Å²) >= 11 is 0. The molecule has 1 aliphatic heterocycles. The third-order valence-corrected chi connectivity index (χ3v) is 3.40. The Balaban J connectivity index is 2.12. The van der Waals surface area contributed by atoms with Crippen LogP contribution in [0.15, 0.2) is 30.3 Å². The average molecular weight is 291 g/mol. The number of ether oxygens (including phenoxy) is 1. The molecule has 1 aromatic carbocycles. The SMILES string of the molecule is [C+]#C[C-](N[C@@H]1[C@@H](O)[C@H](O)[C@@H](CO)O[C@@H]1O)c1ccccc1. The van der Waals surface area contributed by atoms with Gasteiger partial charge in [0.25, 0.3) is 0 Å². The van der Waals surface area contributed by atoms with E-state index in [1.54, 1.807) is 24.3 Å². The summed E-state index contributed by atoms with van der Waals surface area (Å²) in [4.78, 5) is 0. The molecular weight excluding hydrogens is 274 g/mol. The van der Waals surface area contributed by atoms with Gasteiger partial charge < -0.3 is 0 Å². The molecule has 1 aromatic rings. The van der Waals surface area contributed by atoms with Gasteiger partial charge in [-0.15, -0.1) is 0 Å². The van der Waals surface area contributed by atoms with Crippen molar-refractivity contribution in [2.75, 3.05) is 6.61 Å². The van der Waals surface area contributed by atoms with Crippen molar-refractivity contribution in [3.05, 3.63) is 48.4 Å². The zero-order chi connectivity index (χ0) is 15.4. The standard InChI is InChI=1S/C15H17NO5/c1-2-10(9-6-4-3-5-7-9)16-12-14(19)13(18)11(8-17)21-15(12)20/h3-7,11-20H,8H2/t11-,12-,13-,14-,15+/m1/s1. The van der Waals surface area contributed by atoms with Crippen LogP contribution in [0.4, 0.5) is 0 Å². The fourth-order valence-corrected chi connectivity index (χ4v) is 2.22. The Morgan fingerprint density at radius 1 is 1.19 bits per heavy atom. The first kappa shape index (κ1) is 16.0. The second-order valence-corrected chi connectivity index (χ2v) is 4.77. The molecular formula is C15H17NO5. The van der Waals surface area contributed by atoms with Gasteiger partial charge in [-0.2, -0.15) is 0 Å². The molecule has 0 saturated carbocycles. The van der Waals surface area contributed by atoms with Gasteiger partial charge in [-0.1, -0.05) is 0 Å². The third-order valence-electron chi connectivity index (χ3n) is 3.40. The summed E-state index contributed by atoms with van der Waals surface area (Å²) in [5.41, 5.74) is 0.644. The first-order valence-electron chi connectivity index (χ1n) is 6.50. The van der Waals surface area contributed by atoms with Gasteiger partial charge in [-0.3, -0.25) is 0 Å². The van der Waals surface area contributed by atoms with Crippen LogP contribution in [0.2, 0.25) is 0 Å². The molecule has 1 fully saturated rings. The monoisotopic (exact) mass is 291 g/mol. The van der Waals surface area contributed by atoms with Gasteiger partial charge in [-0.05, 0) is 0 Å². The van der Waals surface area contributed by atoms with Gasteiger partial charge in [0.05, 0.1) is 0 Å². The van der Waals surface area contributed by atoms with Gasteiger partial charge in [-0.25, -0.2) is 0 Å². The molecule has 6 nitrogen and oxygen atoms in total. The fourth-order valence-electron chi connectivity index (χ4n) is 2.22. The second kappa shape index (κ2) is 7.06. The molecule has 112 valence electrons. The van der Waals surface area contributed by atoms with Crippen molar-refractivity contribution in [2.24, 2.45) is 0 Å². The molecule has 0 bridgehead atoms. The summed E-state index contributed by atoms with van der Waals surface area (Å²) in [7, 11) is 0. The molecule has 0 aliphatic carbocycles. The molecule has 0 spiro atoms. The van der Waals surface area contributed by atoms with E-state index >= 15 is 0 Å². The van der Waals surface area contributed by atoms with Gasteiger partial charge in [0.1, 0.15) is 0 Å². The van der Waals surface area contributed by atoms with Crippen LogP contribution in [0.3, 0.4) is 0 Å². The molecule has 6 heteroatoms. The zero-order valence-electron chi connectivity index (χ0n) is 11.2. The second-order valence-electron chi connectivity index (χ2n) is 4.77. The van der Waals surface area contributed by atoms with Crippen LogP contribution in [-0.2, 0) is 4.74 Å². The van der Waals surface area contributed by atoms with Crippen LogP contribution >= 0.6 is 0 Å². The van der Waals surface area contributed by atoms with E-state index in [1.165, 1.54) is 0 Å². The number of aliphatic hydroxyl groups is 4. The molecule has 5 N–H and O–H groups in total. The molecule has 21 heavy (non-hydrogen) atoms. The Morgan fingerprint density at radius 3 is 2.43 bits per heavy atom. The van der Waals surface area contributed by atoms with E-state index in [2.05, 4.69) is 11.2 Å². The molecule has 5 atom stereocenters. The van der Waals surface area contributed by atoms with Crippen LogP contribution in [-0.4, -0.2) is 57.7 Å². The molecule has 0 aromatic heterocycles. The van der Waals surface area contributed by atoms with Crippen molar-refractivity contribution in [2.45, 2.75) is 30.6 Å². The molecule has 0 amide bonds. The minimum atomic E-state index is -1.44. The number of aliphatic hydroxyl groups excluding tert-OH is 4. The van der Waals surface area contributed by atoms with Crippen LogP contribution < -0.4 is 5.32 Å². The Bertz CT molecular complexity index is 489. The van der Waals surface area contributed by atoms with Crippen molar-refractivity contribution in [1.82, 2.24) is 5.32 Å². The average Bonchev–Trinajstić information content (AvgIpc) is 2.52. The van der Waals surface area contributed by atoms with E-state index < -0.39 is 37.3 Å². The summed E-state index contributed by atoms with van der Waals surface area (Å²) in [6.45, 7) is -0.520. The van der Waals surface area contributed by atoms with Crippen molar-refractivity contribution in [3.8, 4) is 5.92 Å². The van der Waals surface area contributed by atoms with Crippen molar-refractivity contribution in [3.63, 3.8) is 0 Å². The summed E-state index contributed by atoms with van der Waals surface area (Å²) < 4.78 is 5.04. The van der Waals surface area contributed by atoms with Crippen LogP contribution in [0.5, 0.6) is 0 Å². The summed E-state index contributed by atoms with van der Waals surface area (Å²) in [5.74, 6) is 2.19. The molecule has 1 aliphatic rings. The topological polar surface area (TPSA) is 102 Å². The normalized spacial score (nSPS) is 32.6. The van der Waals surface area contributed by atoms with E-state index in [1.807, 2.05) is 6.07 Å². The van der Waals surface area contributed by atoms with Gasteiger partial charge in [0.2, 0.25) is 0 Å². The predicted molar refractivity (Wildman–Crippen MR) is 72.8 cm³/mol. The van der Waals surface area contributed by atoms with Crippen LogP contribution in [0.25, 0.3) is 0 Å². The van der Waals surface area contributed by atoms with E-state index in [4.69, 9.17) is 16.3 Å².